The SMILES string of the molecule is CC(C)CNCCNc1ccnn1C1CNC1. The van der Waals surface area contributed by atoms with Crippen LogP contribution in [0.5, 0.6) is 0 Å². The van der Waals surface area contributed by atoms with Crippen LogP contribution in [0.3, 0.4) is 0 Å². The van der Waals surface area contributed by atoms with Crippen molar-refractivity contribution in [2.24, 2.45) is 5.92 Å². The van der Waals surface area contributed by atoms with Gasteiger partial charge in [-0.05, 0) is 12.5 Å². The predicted octanol–water partition coefficient (Wildman–Crippen LogP) is 0.685. The monoisotopic (exact) mass is 237 g/mol. The standard InChI is InChI=1S/C12H23N5/c1-10(2)7-13-5-6-15-12-3-4-16-17(12)11-8-14-9-11/h3-4,10-11,13-15H,5-9H2,1-2H3. The number of nitrogens with zero attached hydrogens (tertiary/aromatic N) is 2. The van der Waals surface area contributed by atoms with Crippen molar-refractivity contribution >= 4 is 5.82 Å². The lowest BCUT2D eigenvalue weighted by Crippen LogP contribution is -2.44. The molecule has 1 aromatic rings. The lowest BCUT2D eigenvalue weighted by Gasteiger charge is -2.28. The second-order valence-electron chi connectivity index (χ2n) is 5.00. The molecule has 2 rings (SSSR count). The molecule has 17 heavy (non-hydrogen) atoms. The molecular weight excluding hydrogens is 214 g/mol. The molecule has 5 nitrogen and oxygen atoms in total. The quantitative estimate of drug-likeness (QED) is 0.611. The van der Waals surface area contributed by atoms with Crippen molar-refractivity contribution in [1.29, 1.82) is 0 Å². The van der Waals surface area contributed by atoms with Gasteiger partial charge in [-0.1, -0.05) is 13.8 Å². The highest BCUT2D eigenvalue weighted by atomic mass is 15.4. The van der Waals surface area contributed by atoms with Gasteiger partial charge in [-0.2, -0.15) is 5.10 Å². The molecule has 1 saturated heterocycles. The minimum atomic E-state index is 0.524. The van der Waals surface area contributed by atoms with E-state index in [1.165, 1.54) is 0 Å². The van der Waals surface area contributed by atoms with Crippen LogP contribution in [-0.2, 0) is 0 Å². The van der Waals surface area contributed by atoms with Crippen molar-refractivity contribution in [3.8, 4) is 0 Å². The molecule has 0 unspecified atom stereocenters. The number of hydrogen-bond acceptors (Lipinski definition) is 4. The molecule has 3 N–H and O–H groups in total. The minimum absolute atomic E-state index is 0.524. The first-order chi connectivity index (χ1) is 8.27. The van der Waals surface area contributed by atoms with Crippen LogP contribution in [0.15, 0.2) is 12.3 Å². The normalized spacial score (nSPS) is 16.2. The molecule has 5 heteroatoms. The van der Waals surface area contributed by atoms with Crippen molar-refractivity contribution in [2.75, 3.05) is 38.0 Å². The molecule has 1 aliphatic rings. The van der Waals surface area contributed by atoms with Gasteiger partial charge in [0, 0.05) is 32.2 Å². The van der Waals surface area contributed by atoms with Crippen molar-refractivity contribution in [1.82, 2.24) is 20.4 Å². The van der Waals surface area contributed by atoms with Gasteiger partial charge in [-0.15, -0.1) is 0 Å². The molecule has 96 valence electrons. The third kappa shape index (κ3) is 3.44. The first kappa shape index (κ1) is 12.4. The summed E-state index contributed by atoms with van der Waals surface area (Å²) in [5, 5.41) is 14.5. The van der Waals surface area contributed by atoms with Gasteiger partial charge in [0.2, 0.25) is 0 Å². The zero-order valence-electron chi connectivity index (χ0n) is 10.7. The number of aromatic nitrogens is 2. The summed E-state index contributed by atoms with van der Waals surface area (Å²) in [6, 6.07) is 2.57. The number of anilines is 1. The van der Waals surface area contributed by atoms with E-state index in [4.69, 9.17) is 0 Å². The molecule has 1 aliphatic heterocycles. The molecular formula is C12H23N5. The van der Waals surface area contributed by atoms with Gasteiger partial charge in [0.15, 0.2) is 0 Å². The molecule has 1 aromatic heterocycles. The second kappa shape index (κ2) is 6.02. The second-order valence-corrected chi connectivity index (χ2v) is 5.00. The first-order valence-electron chi connectivity index (χ1n) is 6.46. The van der Waals surface area contributed by atoms with E-state index >= 15 is 0 Å². The van der Waals surface area contributed by atoms with E-state index in [1.54, 1.807) is 0 Å². The van der Waals surface area contributed by atoms with E-state index in [1.807, 2.05) is 12.3 Å². The summed E-state index contributed by atoms with van der Waals surface area (Å²) in [5.74, 6) is 1.84. The summed E-state index contributed by atoms with van der Waals surface area (Å²) in [4.78, 5) is 0. The minimum Gasteiger partial charge on any atom is -0.369 e. The maximum Gasteiger partial charge on any atom is 0.124 e. The fraction of sp³-hybridized carbons (Fsp3) is 0.750. The Bertz CT molecular complexity index is 329. The average Bonchev–Trinajstić information content (AvgIpc) is 2.63. The Kier molecular flexibility index (Phi) is 4.39. The fourth-order valence-corrected chi connectivity index (χ4v) is 1.86. The topological polar surface area (TPSA) is 53.9 Å². The zero-order valence-corrected chi connectivity index (χ0v) is 10.7. The Morgan fingerprint density at radius 2 is 2.29 bits per heavy atom. The number of nitrogens with one attached hydrogen (secondary N) is 3. The zero-order chi connectivity index (χ0) is 12.1. The van der Waals surface area contributed by atoms with Crippen molar-refractivity contribution in [2.45, 2.75) is 19.9 Å². The molecule has 0 aromatic carbocycles. The lowest BCUT2D eigenvalue weighted by atomic mass is 10.2. The molecule has 0 atom stereocenters. The van der Waals surface area contributed by atoms with Gasteiger partial charge in [0.1, 0.15) is 5.82 Å². The molecule has 0 spiro atoms. The van der Waals surface area contributed by atoms with Crippen LogP contribution in [0.1, 0.15) is 19.9 Å². The van der Waals surface area contributed by atoms with Gasteiger partial charge in [-0.3, -0.25) is 0 Å². The Morgan fingerprint density at radius 1 is 1.47 bits per heavy atom. The summed E-state index contributed by atoms with van der Waals surface area (Å²) in [7, 11) is 0. The van der Waals surface area contributed by atoms with E-state index < -0.39 is 0 Å². The highest BCUT2D eigenvalue weighted by Crippen LogP contribution is 2.16. The highest BCUT2D eigenvalue weighted by molar-refractivity contribution is 5.34. The molecule has 0 amide bonds. The molecule has 0 radical (unpaired) electrons. The molecule has 0 aliphatic carbocycles. The van der Waals surface area contributed by atoms with Crippen LogP contribution < -0.4 is 16.0 Å². The number of rotatable bonds is 7. The smallest absolute Gasteiger partial charge is 0.124 e. The summed E-state index contributed by atoms with van der Waals surface area (Å²) in [6.45, 7) is 9.51. The maximum absolute atomic E-state index is 4.36. The van der Waals surface area contributed by atoms with Crippen LogP contribution in [-0.4, -0.2) is 42.5 Å². The molecule has 1 fully saturated rings. The van der Waals surface area contributed by atoms with E-state index in [0.29, 0.717) is 12.0 Å². The lowest BCUT2D eigenvalue weighted by molar-refractivity contribution is 0.321. The van der Waals surface area contributed by atoms with Gasteiger partial charge in [0.05, 0.1) is 12.2 Å². The Labute approximate surface area is 103 Å². The van der Waals surface area contributed by atoms with Crippen molar-refractivity contribution in [3.05, 3.63) is 12.3 Å². The maximum atomic E-state index is 4.36. The van der Waals surface area contributed by atoms with Gasteiger partial charge in [-0.25, -0.2) is 4.68 Å². The van der Waals surface area contributed by atoms with Gasteiger partial charge < -0.3 is 16.0 Å². The number of hydrogen-bond donors (Lipinski definition) is 3. The summed E-state index contributed by atoms with van der Waals surface area (Å²) in [5.41, 5.74) is 0. The average molecular weight is 237 g/mol. The van der Waals surface area contributed by atoms with Gasteiger partial charge in [0.25, 0.3) is 0 Å². The van der Waals surface area contributed by atoms with Crippen molar-refractivity contribution in [3.63, 3.8) is 0 Å². The van der Waals surface area contributed by atoms with Crippen LogP contribution >= 0.6 is 0 Å². The summed E-state index contributed by atoms with van der Waals surface area (Å²) in [6.07, 6.45) is 1.86. The Balaban J connectivity index is 1.69. The largest absolute Gasteiger partial charge is 0.369 e. The molecule has 0 bridgehead atoms. The summed E-state index contributed by atoms with van der Waals surface area (Å²) >= 11 is 0. The van der Waals surface area contributed by atoms with E-state index in [2.05, 4.69) is 39.6 Å². The Hall–Kier alpha value is -1.07. The highest BCUT2D eigenvalue weighted by Gasteiger charge is 2.21. The third-order valence-corrected chi connectivity index (χ3v) is 2.94. The van der Waals surface area contributed by atoms with Gasteiger partial charge >= 0.3 is 0 Å². The fourth-order valence-electron chi connectivity index (χ4n) is 1.86. The van der Waals surface area contributed by atoms with Crippen LogP contribution in [0, 0.1) is 5.92 Å². The third-order valence-electron chi connectivity index (χ3n) is 2.94. The van der Waals surface area contributed by atoms with E-state index in [9.17, 15) is 0 Å². The first-order valence-corrected chi connectivity index (χ1v) is 6.46. The molecule has 0 saturated carbocycles. The van der Waals surface area contributed by atoms with Crippen molar-refractivity contribution < 1.29 is 0 Å². The van der Waals surface area contributed by atoms with Crippen LogP contribution in [0.2, 0.25) is 0 Å². The summed E-state index contributed by atoms with van der Waals surface area (Å²) < 4.78 is 2.08. The Morgan fingerprint density at radius 3 is 2.94 bits per heavy atom. The molecule has 2 heterocycles. The predicted molar refractivity (Wildman–Crippen MR) is 70.3 cm³/mol. The van der Waals surface area contributed by atoms with Crippen LogP contribution in [0.25, 0.3) is 0 Å². The van der Waals surface area contributed by atoms with Crippen LogP contribution in [0.4, 0.5) is 5.82 Å². The van der Waals surface area contributed by atoms with E-state index in [-0.39, 0.29) is 0 Å². The van der Waals surface area contributed by atoms with E-state index in [0.717, 1.165) is 38.5 Å².